The van der Waals surface area contributed by atoms with Gasteiger partial charge in [-0.25, -0.2) is 0 Å². The van der Waals surface area contributed by atoms with Crippen molar-refractivity contribution in [3.63, 3.8) is 0 Å². The molecule has 2 aromatic rings. The second kappa shape index (κ2) is 6.11. The van der Waals surface area contributed by atoms with Crippen molar-refractivity contribution in [3.8, 4) is 0 Å². The molecule has 1 aromatic heterocycles. The molecule has 108 valence electrons. The Morgan fingerprint density at radius 2 is 2.00 bits per heavy atom. The quantitative estimate of drug-likeness (QED) is 0.866. The average molecular weight is 291 g/mol. The van der Waals surface area contributed by atoms with Crippen LogP contribution in [0.15, 0.2) is 30.5 Å². The molecule has 0 saturated heterocycles. The van der Waals surface area contributed by atoms with Crippen LogP contribution in [0.1, 0.15) is 33.3 Å². The average Bonchev–Trinajstić information content (AvgIpc) is 2.41. The van der Waals surface area contributed by atoms with Crippen LogP contribution in [0.25, 0.3) is 10.9 Å². The Hall–Kier alpha value is -1.12. The van der Waals surface area contributed by atoms with Gasteiger partial charge < -0.3 is 5.32 Å². The summed E-state index contributed by atoms with van der Waals surface area (Å²) < 4.78 is 0. The maximum atomic E-state index is 6.22. The van der Waals surface area contributed by atoms with Crippen LogP contribution in [0.4, 0.5) is 0 Å². The topological polar surface area (TPSA) is 24.9 Å². The Morgan fingerprint density at radius 1 is 1.25 bits per heavy atom. The first kappa shape index (κ1) is 15.3. The molecule has 1 heterocycles. The van der Waals surface area contributed by atoms with Gasteiger partial charge in [0.1, 0.15) is 0 Å². The number of nitrogens with one attached hydrogen (secondary N) is 1. The van der Waals surface area contributed by atoms with Crippen molar-refractivity contribution < 1.29 is 0 Å². The molecule has 3 heteroatoms. The van der Waals surface area contributed by atoms with Gasteiger partial charge in [-0.05, 0) is 35.1 Å². The molecular weight excluding hydrogens is 268 g/mol. The summed E-state index contributed by atoms with van der Waals surface area (Å²) in [5, 5.41) is 5.34. The van der Waals surface area contributed by atoms with E-state index in [-0.39, 0.29) is 5.41 Å². The summed E-state index contributed by atoms with van der Waals surface area (Å²) in [5.41, 5.74) is 2.48. The molecule has 1 aromatic carbocycles. The van der Waals surface area contributed by atoms with E-state index in [1.54, 1.807) is 0 Å². The number of fused-ring (bicyclic) bond motifs is 1. The van der Waals surface area contributed by atoms with E-state index in [0.29, 0.717) is 5.92 Å². The van der Waals surface area contributed by atoms with Gasteiger partial charge >= 0.3 is 0 Å². The molecule has 2 nitrogen and oxygen atoms in total. The lowest BCUT2D eigenvalue weighted by Crippen LogP contribution is -2.33. The van der Waals surface area contributed by atoms with Gasteiger partial charge in [-0.1, -0.05) is 45.4 Å². The third-order valence-electron chi connectivity index (χ3n) is 4.26. The van der Waals surface area contributed by atoms with Crippen LogP contribution in [-0.2, 0) is 6.54 Å². The lowest BCUT2D eigenvalue weighted by atomic mass is 9.81. The van der Waals surface area contributed by atoms with Gasteiger partial charge in [0.2, 0.25) is 0 Å². The van der Waals surface area contributed by atoms with Gasteiger partial charge in [0, 0.05) is 29.7 Å². The number of hydrogen-bond donors (Lipinski definition) is 1. The second-order valence-electron chi connectivity index (χ2n) is 6.35. The van der Waals surface area contributed by atoms with Crippen molar-refractivity contribution in [1.29, 1.82) is 0 Å². The first-order valence-electron chi connectivity index (χ1n) is 7.14. The summed E-state index contributed by atoms with van der Waals surface area (Å²) in [7, 11) is 0. The summed E-state index contributed by atoms with van der Waals surface area (Å²) >= 11 is 6.22. The van der Waals surface area contributed by atoms with Crippen LogP contribution in [0.3, 0.4) is 0 Å². The lowest BCUT2D eigenvalue weighted by molar-refractivity contribution is 0.238. The zero-order valence-corrected chi connectivity index (χ0v) is 13.5. The SMILES string of the molecule is CC(C)C(C)(C)CNCc1ccc(Cl)c2cccnc12. The Kier molecular flexibility index (Phi) is 4.66. The van der Waals surface area contributed by atoms with Crippen LogP contribution < -0.4 is 5.32 Å². The van der Waals surface area contributed by atoms with E-state index >= 15 is 0 Å². The molecule has 0 aliphatic heterocycles. The van der Waals surface area contributed by atoms with Crippen LogP contribution in [0.5, 0.6) is 0 Å². The Balaban J connectivity index is 2.13. The van der Waals surface area contributed by atoms with E-state index in [9.17, 15) is 0 Å². The minimum absolute atomic E-state index is 0.287. The van der Waals surface area contributed by atoms with Crippen molar-refractivity contribution in [3.05, 3.63) is 41.0 Å². The minimum atomic E-state index is 0.287. The molecule has 0 aliphatic carbocycles. The lowest BCUT2D eigenvalue weighted by Gasteiger charge is -2.29. The van der Waals surface area contributed by atoms with E-state index in [0.717, 1.165) is 29.0 Å². The fourth-order valence-corrected chi connectivity index (χ4v) is 2.28. The third kappa shape index (κ3) is 3.31. The summed E-state index contributed by atoms with van der Waals surface area (Å²) in [6, 6.07) is 7.96. The molecule has 0 saturated carbocycles. The summed E-state index contributed by atoms with van der Waals surface area (Å²) in [6.07, 6.45) is 1.82. The second-order valence-corrected chi connectivity index (χ2v) is 6.76. The number of halogens is 1. The van der Waals surface area contributed by atoms with E-state index < -0.39 is 0 Å². The highest BCUT2D eigenvalue weighted by Gasteiger charge is 2.21. The monoisotopic (exact) mass is 290 g/mol. The third-order valence-corrected chi connectivity index (χ3v) is 4.59. The van der Waals surface area contributed by atoms with Crippen molar-refractivity contribution in [2.24, 2.45) is 11.3 Å². The molecular formula is C17H23ClN2. The maximum absolute atomic E-state index is 6.22. The number of benzene rings is 1. The van der Waals surface area contributed by atoms with Crippen molar-refractivity contribution in [2.45, 2.75) is 34.2 Å². The van der Waals surface area contributed by atoms with Gasteiger partial charge in [-0.2, -0.15) is 0 Å². The zero-order valence-electron chi connectivity index (χ0n) is 12.7. The van der Waals surface area contributed by atoms with Crippen molar-refractivity contribution in [1.82, 2.24) is 10.3 Å². The van der Waals surface area contributed by atoms with Crippen LogP contribution >= 0.6 is 11.6 Å². The number of pyridine rings is 1. The fraction of sp³-hybridized carbons (Fsp3) is 0.471. The highest BCUT2D eigenvalue weighted by atomic mass is 35.5. The first-order valence-corrected chi connectivity index (χ1v) is 7.52. The molecule has 0 unspecified atom stereocenters. The molecule has 0 radical (unpaired) electrons. The number of nitrogens with zero attached hydrogens (tertiary/aromatic N) is 1. The standard InChI is InChI=1S/C17H23ClN2/c1-12(2)17(3,4)11-19-10-13-7-8-15(18)14-6-5-9-20-16(13)14/h5-9,12,19H,10-11H2,1-4H3. The number of hydrogen-bond acceptors (Lipinski definition) is 2. The fourth-order valence-electron chi connectivity index (χ4n) is 2.06. The number of aromatic nitrogens is 1. The Morgan fingerprint density at radius 3 is 2.70 bits per heavy atom. The molecule has 1 N–H and O–H groups in total. The zero-order chi connectivity index (χ0) is 14.8. The Labute approximate surface area is 126 Å². The van der Waals surface area contributed by atoms with Crippen molar-refractivity contribution in [2.75, 3.05) is 6.54 Å². The summed E-state index contributed by atoms with van der Waals surface area (Å²) in [4.78, 5) is 4.47. The van der Waals surface area contributed by atoms with Gasteiger partial charge in [0.25, 0.3) is 0 Å². The molecule has 0 spiro atoms. The summed E-state index contributed by atoms with van der Waals surface area (Å²) in [5.74, 6) is 0.648. The molecule has 0 fully saturated rings. The van der Waals surface area contributed by atoms with E-state index in [1.807, 2.05) is 24.4 Å². The molecule has 0 amide bonds. The molecule has 2 rings (SSSR count). The molecule has 0 bridgehead atoms. The van der Waals surface area contributed by atoms with Gasteiger partial charge in [-0.3, -0.25) is 4.98 Å². The van der Waals surface area contributed by atoms with E-state index in [2.05, 4.69) is 44.1 Å². The molecule has 0 atom stereocenters. The Bertz CT molecular complexity index is 591. The molecule has 0 aliphatic rings. The van der Waals surface area contributed by atoms with Crippen LogP contribution in [-0.4, -0.2) is 11.5 Å². The van der Waals surface area contributed by atoms with Crippen molar-refractivity contribution >= 4 is 22.5 Å². The highest BCUT2D eigenvalue weighted by Crippen LogP contribution is 2.26. The van der Waals surface area contributed by atoms with E-state index in [4.69, 9.17) is 11.6 Å². The number of rotatable bonds is 5. The van der Waals surface area contributed by atoms with Crippen LogP contribution in [0.2, 0.25) is 5.02 Å². The van der Waals surface area contributed by atoms with E-state index in [1.165, 1.54) is 5.56 Å². The molecule has 20 heavy (non-hydrogen) atoms. The van der Waals surface area contributed by atoms with Gasteiger partial charge in [-0.15, -0.1) is 0 Å². The first-order chi connectivity index (χ1) is 9.42. The van der Waals surface area contributed by atoms with Gasteiger partial charge in [0.05, 0.1) is 5.52 Å². The summed E-state index contributed by atoms with van der Waals surface area (Å²) in [6.45, 7) is 10.9. The highest BCUT2D eigenvalue weighted by molar-refractivity contribution is 6.35. The predicted molar refractivity (Wildman–Crippen MR) is 87.1 cm³/mol. The van der Waals surface area contributed by atoms with Gasteiger partial charge in [0.15, 0.2) is 0 Å². The predicted octanol–water partition coefficient (Wildman–Crippen LogP) is 4.66. The maximum Gasteiger partial charge on any atom is 0.0761 e. The minimum Gasteiger partial charge on any atom is -0.312 e. The van der Waals surface area contributed by atoms with Crippen LogP contribution in [0, 0.1) is 11.3 Å². The largest absolute Gasteiger partial charge is 0.312 e. The smallest absolute Gasteiger partial charge is 0.0761 e. The normalized spacial score (nSPS) is 12.3.